The highest BCUT2D eigenvalue weighted by Crippen LogP contribution is 2.32. The van der Waals surface area contributed by atoms with Gasteiger partial charge < -0.3 is 4.90 Å². The average molecular weight is 442 g/mol. The first-order chi connectivity index (χ1) is 14.4. The molecule has 2 aromatic carbocycles. The largest absolute Gasteiger partial charge is 0.302 e. The zero-order valence-electron chi connectivity index (χ0n) is 18.0. The van der Waals surface area contributed by atoms with Gasteiger partial charge in [0.05, 0.1) is 10.2 Å². The molecule has 0 radical (unpaired) electrons. The van der Waals surface area contributed by atoms with E-state index >= 15 is 0 Å². The van der Waals surface area contributed by atoms with E-state index in [0.29, 0.717) is 11.6 Å². The number of nitrogens with zero attached hydrogens (tertiary/aromatic N) is 3. The normalized spacial score (nSPS) is 11.7. The second-order valence-corrected chi connectivity index (χ2v) is 8.71. The van der Waals surface area contributed by atoms with Crippen molar-refractivity contribution in [2.75, 3.05) is 31.1 Å². The molecule has 0 saturated carbocycles. The Hall–Kier alpha value is -2.21. The fourth-order valence-electron chi connectivity index (χ4n) is 3.42. The van der Waals surface area contributed by atoms with Crippen LogP contribution in [0.25, 0.3) is 16.3 Å². The molecular weight excluding hydrogens is 414 g/mol. The van der Waals surface area contributed by atoms with Crippen molar-refractivity contribution in [3.63, 3.8) is 0 Å². The van der Waals surface area contributed by atoms with Gasteiger partial charge in [-0.2, -0.15) is 0 Å². The van der Waals surface area contributed by atoms with Crippen LogP contribution in [-0.4, -0.2) is 42.0 Å². The number of benzene rings is 2. The van der Waals surface area contributed by atoms with Gasteiger partial charge in [-0.1, -0.05) is 61.1 Å². The molecule has 0 atom stereocenters. The van der Waals surface area contributed by atoms with E-state index in [4.69, 9.17) is 16.6 Å². The van der Waals surface area contributed by atoms with Gasteiger partial charge in [0.15, 0.2) is 5.13 Å². The number of aromatic nitrogens is 1. The van der Waals surface area contributed by atoms with E-state index < -0.39 is 0 Å². The molecule has 4 nitrogen and oxygen atoms in total. The summed E-state index contributed by atoms with van der Waals surface area (Å²) in [6, 6.07) is 11.8. The van der Waals surface area contributed by atoms with E-state index in [-0.39, 0.29) is 5.91 Å². The van der Waals surface area contributed by atoms with E-state index in [1.165, 1.54) is 5.56 Å². The molecule has 3 rings (SSSR count). The van der Waals surface area contributed by atoms with Crippen LogP contribution in [0.1, 0.15) is 30.5 Å². The van der Waals surface area contributed by atoms with Crippen molar-refractivity contribution in [1.82, 2.24) is 9.88 Å². The minimum atomic E-state index is -0.0875. The maximum atomic E-state index is 13.2. The second-order valence-electron chi connectivity index (χ2n) is 7.30. The monoisotopic (exact) mass is 441 g/mol. The first-order valence-corrected chi connectivity index (χ1v) is 11.5. The third-order valence-electron chi connectivity index (χ3n) is 5.16. The van der Waals surface area contributed by atoms with Gasteiger partial charge in [0.2, 0.25) is 0 Å². The fourth-order valence-corrected chi connectivity index (χ4v) is 4.79. The first kappa shape index (κ1) is 22.5. The molecule has 0 bridgehead atoms. The molecule has 158 valence electrons. The Bertz CT molecular complexity index is 1060. The van der Waals surface area contributed by atoms with Crippen LogP contribution in [0.2, 0.25) is 5.02 Å². The van der Waals surface area contributed by atoms with Crippen molar-refractivity contribution < 1.29 is 4.79 Å². The van der Waals surface area contributed by atoms with Crippen molar-refractivity contribution in [3.8, 4) is 0 Å². The number of carbonyl (C=O) groups excluding carboxylic acids is 1. The molecule has 0 fully saturated rings. The van der Waals surface area contributed by atoms with Crippen LogP contribution in [0.3, 0.4) is 0 Å². The van der Waals surface area contributed by atoms with Crippen LogP contribution >= 0.6 is 22.9 Å². The number of aryl methyl sites for hydroxylation is 2. The third-order valence-corrected chi connectivity index (χ3v) is 6.53. The number of fused-ring (bicyclic) bond motifs is 1. The first-order valence-electron chi connectivity index (χ1n) is 10.3. The number of hydrogen-bond donors (Lipinski definition) is 0. The van der Waals surface area contributed by atoms with Crippen LogP contribution in [0.5, 0.6) is 0 Å². The highest BCUT2D eigenvalue weighted by Gasteiger charge is 2.19. The molecule has 1 aromatic heterocycles. The molecule has 0 aliphatic rings. The summed E-state index contributed by atoms with van der Waals surface area (Å²) in [6.45, 7) is 11.7. The van der Waals surface area contributed by atoms with Crippen LogP contribution in [0.4, 0.5) is 5.13 Å². The standard InChI is InChI=1S/C24H28ClN3OS/c1-5-27(6-2)13-14-28(22(29)12-11-19-9-7-8-10-20(19)25)24-26-23-18(4)15-17(3)16-21(23)30-24/h7-12,15-16H,5-6,13-14H2,1-4H3/b12-11+. The van der Waals surface area contributed by atoms with E-state index in [1.54, 1.807) is 28.4 Å². The molecule has 3 aromatic rings. The maximum Gasteiger partial charge on any atom is 0.252 e. The second kappa shape index (κ2) is 10.2. The Morgan fingerprint density at radius 2 is 1.87 bits per heavy atom. The van der Waals surface area contributed by atoms with Crippen molar-refractivity contribution in [2.45, 2.75) is 27.7 Å². The molecule has 6 heteroatoms. The molecule has 1 heterocycles. The Kier molecular flexibility index (Phi) is 7.64. The predicted molar refractivity (Wildman–Crippen MR) is 130 cm³/mol. The molecule has 0 saturated heterocycles. The smallest absolute Gasteiger partial charge is 0.252 e. The molecule has 0 aliphatic carbocycles. The summed E-state index contributed by atoms with van der Waals surface area (Å²) in [7, 11) is 0. The third kappa shape index (κ3) is 5.28. The van der Waals surface area contributed by atoms with Gasteiger partial charge in [0.1, 0.15) is 0 Å². The summed E-state index contributed by atoms with van der Waals surface area (Å²) >= 11 is 7.81. The number of carbonyl (C=O) groups is 1. The summed E-state index contributed by atoms with van der Waals surface area (Å²) in [5, 5.41) is 1.36. The Morgan fingerprint density at radius 3 is 2.57 bits per heavy atom. The predicted octanol–water partition coefficient (Wildman–Crippen LogP) is 5.95. The minimum Gasteiger partial charge on any atom is -0.302 e. The number of thiazole rings is 1. The van der Waals surface area contributed by atoms with Gasteiger partial charge in [-0.05, 0) is 61.8 Å². The number of halogens is 1. The zero-order valence-corrected chi connectivity index (χ0v) is 19.6. The highest BCUT2D eigenvalue weighted by molar-refractivity contribution is 7.22. The Labute approximate surface area is 187 Å². The van der Waals surface area contributed by atoms with Gasteiger partial charge in [-0.15, -0.1) is 0 Å². The van der Waals surface area contributed by atoms with Gasteiger partial charge in [0.25, 0.3) is 5.91 Å². The average Bonchev–Trinajstić information content (AvgIpc) is 3.14. The van der Waals surface area contributed by atoms with Gasteiger partial charge in [-0.3, -0.25) is 9.69 Å². The molecular formula is C24H28ClN3OS. The molecule has 0 unspecified atom stereocenters. The lowest BCUT2D eigenvalue weighted by Gasteiger charge is -2.23. The summed E-state index contributed by atoms with van der Waals surface area (Å²) in [5.41, 5.74) is 4.13. The summed E-state index contributed by atoms with van der Waals surface area (Å²) in [4.78, 5) is 22.1. The molecule has 0 aliphatic heterocycles. The van der Waals surface area contributed by atoms with E-state index in [9.17, 15) is 4.79 Å². The zero-order chi connectivity index (χ0) is 21.7. The van der Waals surface area contributed by atoms with Crippen molar-refractivity contribution in [1.29, 1.82) is 0 Å². The molecule has 30 heavy (non-hydrogen) atoms. The van der Waals surface area contributed by atoms with Crippen molar-refractivity contribution >= 4 is 50.3 Å². The number of anilines is 1. The maximum absolute atomic E-state index is 13.2. The number of amides is 1. The Morgan fingerprint density at radius 1 is 1.13 bits per heavy atom. The van der Waals surface area contributed by atoms with E-state index in [2.05, 4.69) is 44.7 Å². The molecule has 1 amide bonds. The van der Waals surface area contributed by atoms with Gasteiger partial charge in [0, 0.05) is 24.2 Å². The van der Waals surface area contributed by atoms with E-state index in [1.807, 2.05) is 24.3 Å². The molecule has 0 N–H and O–H groups in total. The SMILES string of the molecule is CCN(CC)CCN(C(=O)/C=C/c1ccccc1Cl)c1nc2c(C)cc(C)cc2s1. The van der Waals surface area contributed by atoms with Crippen LogP contribution < -0.4 is 4.90 Å². The van der Waals surface area contributed by atoms with E-state index in [0.717, 1.165) is 46.1 Å². The van der Waals surface area contributed by atoms with Crippen molar-refractivity contribution in [3.05, 3.63) is 64.2 Å². The topological polar surface area (TPSA) is 36.4 Å². The van der Waals surface area contributed by atoms with Gasteiger partial charge >= 0.3 is 0 Å². The number of likely N-dealkylation sites (N-methyl/N-ethyl adjacent to an activating group) is 1. The number of rotatable bonds is 8. The lowest BCUT2D eigenvalue weighted by molar-refractivity contribution is -0.114. The minimum absolute atomic E-state index is 0.0875. The lowest BCUT2D eigenvalue weighted by Crippen LogP contribution is -2.38. The van der Waals surface area contributed by atoms with Crippen molar-refractivity contribution in [2.24, 2.45) is 0 Å². The summed E-state index contributed by atoms with van der Waals surface area (Å²) < 4.78 is 1.11. The van der Waals surface area contributed by atoms with Crippen LogP contribution in [-0.2, 0) is 4.79 Å². The Balaban J connectivity index is 1.92. The van der Waals surface area contributed by atoms with Gasteiger partial charge in [-0.25, -0.2) is 4.98 Å². The molecule has 0 spiro atoms. The van der Waals surface area contributed by atoms with Crippen LogP contribution in [0.15, 0.2) is 42.5 Å². The quantitative estimate of drug-likeness (QED) is 0.405. The lowest BCUT2D eigenvalue weighted by atomic mass is 10.1. The fraction of sp³-hybridized carbons (Fsp3) is 0.333. The summed E-state index contributed by atoms with van der Waals surface area (Å²) in [6.07, 6.45) is 3.37. The summed E-state index contributed by atoms with van der Waals surface area (Å²) in [5.74, 6) is -0.0875. The highest BCUT2D eigenvalue weighted by atomic mass is 35.5. The number of hydrogen-bond acceptors (Lipinski definition) is 4. The van der Waals surface area contributed by atoms with Crippen LogP contribution in [0, 0.1) is 13.8 Å².